The molecule has 3 rings (SSSR count). The van der Waals surface area contributed by atoms with Crippen LogP contribution in [0, 0.1) is 0 Å². The molecule has 1 N–H and O–H groups in total. The summed E-state index contributed by atoms with van der Waals surface area (Å²) in [6, 6.07) is 18.3. The van der Waals surface area contributed by atoms with E-state index in [9.17, 15) is 0 Å². The number of hydrogen-bond acceptors (Lipinski definition) is 3. The average molecular weight is 278 g/mol. The minimum atomic E-state index is 0.661. The third-order valence-electron chi connectivity index (χ3n) is 3.35. The molecule has 2 aromatic carbocycles. The molecular weight excluding hydrogens is 260 g/mol. The zero-order valence-corrected chi connectivity index (χ0v) is 12.0. The molecule has 106 valence electrons. The Morgan fingerprint density at radius 3 is 2.71 bits per heavy atom. The zero-order chi connectivity index (χ0) is 14.5. The van der Waals surface area contributed by atoms with E-state index >= 15 is 0 Å². The Morgan fingerprint density at radius 1 is 1.00 bits per heavy atom. The molecule has 0 fully saturated rings. The molecule has 3 aromatic rings. The second-order valence-electron chi connectivity index (χ2n) is 4.86. The van der Waals surface area contributed by atoms with Crippen LogP contribution in [-0.2, 0) is 6.54 Å². The molecule has 0 saturated heterocycles. The van der Waals surface area contributed by atoms with Crippen LogP contribution < -0.4 is 10.1 Å². The second-order valence-corrected chi connectivity index (χ2v) is 4.86. The van der Waals surface area contributed by atoms with Gasteiger partial charge in [0.2, 0.25) is 5.88 Å². The van der Waals surface area contributed by atoms with Gasteiger partial charge in [0.25, 0.3) is 0 Å². The molecule has 0 spiro atoms. The highest BCUT2D eigenvalue weighted by atomic mass is 16.5. The predicted octanol–water partition coefficient (Wildman–Crippen LogP) is 4.14. The Morgan fingerprint density at radius 2 is 1.86 bits per heavy atom. The minimum Gasteiger partial charge on any atom is -0.439 e. The molecule has 0 amide bonds. The lowest BCUT2D eigenvalue weighted by molar-refractivity contribution is 0.454. The molecule has 3 nitrogen and oxygen atoms in total. The molecule has 0 aliphatic carbocycles. The van der Waals surface area contributed by atoms with Crippen LogP contribution in [0.5, 0.6) is 11.6 Å². The highest BCUT2D eigenvalue weighted by molar-refractivity contribution is 5.83. The predicted molar refractivity (Wildman–Crippen MR) is 85.6 cm³/mol. The lowest BCUT2D eigenvalue weighted by atomic mass is 10.1. The van der Waals surface area contributed by atoms with Gasteiger partial charge in [-0.1, -0.05) is 43.3 Å². The summed E-state index contributed by atoms with van der Waals surface area (Å²) in [5, 5.41) is 5.67. The van der Waals surface area contributed by atoms with Crippen LogP contribution in [0.3, 0.4) is 0 Å². The van der Waals surface area contributed by atoms with Gasteiger partial charge in [0, 0.05) is 18.3 Å². The van der Waals surface area contributed by atoms with E-state index in [0.29, 0.717) is 5.88 Å². The zero-order valence-electron chi connectivity index (χ0n) is 12.0. The van der Waals surface area contributed by atoms with E-state index in [1.165, 1.54) is 10.8 Å². The molecular formula is C18H18N2O. The van der Waals surface area contributed by atoms with Crippen LogP contribution in [0.1, 0.15) is 12.5 Å². The highest BCUT2D eigenvalue weighted by Crippen LogP contribution is 2.26. The molecule has 0 unspecified atom stereocenters. The van der Waals surface area contributed by atoms with Gasteiger partial charge < -0.3 is 10.1 Å². The summed E-state index contributed by atoms with van der Waals surface area (Å²) in [5.74, 6) is 1.47. The Balaban J connectivity index is 1.87. The van der Waals surface area contributed by atoms with Gasteiger partial charge in [-0.15, -0.1) is 0 Å². The Bertz CT molecular complexity index is 740. The standard InChI is InChI=1S/C18H18N2O/c1-2-19-13-16-8-5-11-20-18(16)21-17-10-9-14-6-3-4-7-15(14)12-17/h3-12,19H,2,13H2,1H3. The van der Waals surface area contributed by atoms with Crippen molar-refractivity contribution in [3.8, 4) is 11.6 Å². The lowest BCUT2D eigenvalue weighted by Crippen LogP contribution is -2.12. The van der Waals surface area contributed by atoms with Crippen molar-refractivity contribution >= 4 is 10.8 Å². The van der Waals surface area contributed by atoms with Gasteiger partial charge in [-0.25, -0.2) is 4.98 Å². The van der Waals surface area contributed by atoms with E-state index in [1.54, 1.807) is 6.20 Å². The fraction of sp³-hybridized carbons (Fsp3) is 0.167. The smallest absolute Gasteiger partial charge is 0.223 e. The maximum atomic E-state index is 5.96. The van der Waals surface area contributed by atoms with Crippen molar-refractivity contribution < 1.29 is 4.74 Å². The van der Waals surface area contributed by atoms with Gasteiger partial charge in [0.15, 0.2) is 0 Å². The quantitative estimate of drug-likeness (QED) is 0.761. The maximum Gasteiger partial charge on any atom is 0.223 e. The van der Waals surface area contributed by atoms with Crippen molar-refractivity contribution in [2.45, 2.75) is 13.5 Å². The number of aromatic nitrogens is 1. The largest absolute Gasteiger partial charge is 0.439 e. The molecule has 21 heavy (non-hydrogen) atoms. The van der Waals surface area contributed by atoms with Gasteiger partial charge >= 0.3 is 0 Å². The number of hydrogen-bond donors (Lipinski definition) is 1. The molecule has 0 aliphatic heterocycles. The molecule has 0 bridgehead atoms. The Labute approximate surface area is 124 Å². The molecule has 0 atom stereocenters. The summed E-state index contributed by atoms with van der Waals surface area (Å²) in [4.78, 5) is 4.34. The lowest BCUT2D eigenvalue weighted by Gasteiger charge is -2.10. The fourth-order valence-electron chi connectivity index (χ4n) is 2.25. The fourth-order valence-corrected chi connectivity index (χ4v) is 2.25. The number of rotatable bonds is 5. The summed E-state index contributed by atoms with van der Waals surface area (Å²) in [5.41, 5.74) is 1.06. The number of nitrogens with zero attached hydrogens (tertiary/aromatic N) is 1. The van der Waals surface area contributed by atoms with Crippen molar-refractivity contribution in [2.75, 3.05) is 6.54 Å². The topological polar surface area (TPSA) is 34.2 Å². The minimum absolute atomic E-state index is 0.661. The van der Waals surface area contributed by atoms with Crippen molar-refractivity contribution in [3.05, 3.63) is 66.4 Å². The molecule has 1 aromatic heterocycles. The molecule has 0 radical (unpaired) electrons. The van der Waals surface area contributed by atoms with Gasteiger partial charge in [0.1, 0.15) is 5.75 Å². The molecule has 0 saturated carbocycles. The second kappa shape index (κ2) is 6.37. The van der Waals surface area contributed by atoms with Crippen LogP contribution in [0.2, 0.25) is 0 Å². The van der Waals surface area contributed by atoms with Gasteiger partial charge in [-0.2, -0.15) is 0 Å². The molecule has 3 heteroatoms. The van der Waals surface area contributed by atoms with E-state index in [4.69, 9.17) is 4.74 Å². The summed E-state index contributed by atoms with van der Waals surface area (Å²) < 4.78 is 5.96. The first-order valence-electron chi connectivity index (χ1n) is 7.18. The third-order valence-corrected chi connectivity index (χ3v) is 3.35. The van der Waals surface area contributed by atoms with Crippen LogP contribution in [-0.4, -0.2) is 11.5 Å². The van der Waals surface area contributed by atoms with Crippen LogP contribution in [0.25, 0.3) is 10.8 Å². The van der Waals surface area contributed by atoms with E-state index in [0.717, 1.165) is 24.4 Å². The van der Waals surface area contributed by atoms with Crippen LogP contribution >= 0.6 is 0 Å². The van der Waals surface area contributed by atoms with Gasteiger partial charge in [-0.3, -0.25) is 0 Å². The number of nitrogens with one attached hydrogen (secondary N) is 1. The summed E-state index contributed by atoms with van der Waals surface area (Å²) in [6.45, 7) is 3.76. The summed E-state index contributed by atoms with van der Waals surface area (Å²) in [6.07, 6.45) is 1.76. The summed E-state index contributed by atoms with van der Waals surface area (Å²) in [7, 11) is 0. The first-order chi connectivity index (χ1) is 10.4. The number of fused-ring (bicyclic) bond motifs is 1. The van der Waals surface area contributed by atoms with Crippen molar-refractivity contribution in [1.29, 1.82) is 0 Å². The van der Waals surface area contributed by atoms with E-state index in [1.807, 2.05) is 36.4 Å². The van der Waals surface area contributed by atoms with Crippen LogP contribution in [0.15, 0.2) is 60.8 Å². The van der Waals surface area contributed by atoms with Gasteiger partial charge in [-0.05, 0) is 35.5 Å². The number of benzene rings is 2. The first-order valence-corrected chi connectivity index (χ1v) is 7.18. The first kappa shape index (κ1) is 13.6. The third kappa shape index (κ3) is 3.20. The molecule has 1 heterocycles. The SMILES string of the molecule is CCNCc1cccnc1Oc1ccc2ccccc2c1. The van der Waals surface area contributed by atoms with E-state index in [-0.39, 0.29) is 0 Å². The molecule has 0 aliphatic rings. The summed E-state index contributed by atoms with van der Waals surface area (Å²) >= 11 is 0. The van der Waals surface area contributed by atoms with Crippen LogP contribution in [0.4, 0.5) is 0 Å². The number of ether oxygens (including phenoxy) is 1. The Kier molecular flexibility index (Phi) is 4.12. The van der Waals surface area contributed by atoms with Crippen molar-refractivity contribution in [1.82, 2.24) is 10.3 Å². The van der Waals surface area contributed by atoms with E-state index < -0.39 is 0 Å². The van der Waals surface area contributed by atoms with Crippen molar-refractivity contribution in [3.63, 3.8) is 0 Å². The Hall–Kier alpha value is -2.39. The average Bonchev–Trinajstić information content (AvgIpc) is 2.54. The maximum absolute atomic E-state index is 5.96. The monoisotopic (exact) mass is 278 g/mol. The number of pyridine rings is 1. The normalized spacial score (nSPS) is 10.7. The van der Waals surface area contributed by atoms with Gasteiger partial charge in [0.05, 0.1) is 0 Å². The van der Waals surface area contributed by atoms with Crippen molar-refractivity contribution in [2.24, 2.45) is 0 Å². The van der Waals surface area contributed by atoms with E-state index in [2.05, 4.69) is 35.4 Å². The highest BCUT2D eigenvalue weighted by Gasteiger charge is 2.06.